The van der Waals surface area contributed by atoms with E-state index < -0.39 is 11.8 Å². The summed E-state index contributed by atoms with van der Waals surface area (Å²) < 4.78 is 11.7. The Balaban J connectivity index is 2.66. The van der Waals surface area contributed by atoms with Crippen LogP contribution in [-0.4, -0.2) is 17.5 Å². The fraction of sp³-hybridized carbons (Fsp3) is 0.286. The van der Waals surface area contributed by atoms with Gasteiger partial charge in [-0.15, -0.1) is 0 Å². The summed E-state index contributed by atoms with van der Waals surface area (Å²) in [7, 11) is 0. The van der Waals surface area contributed by atoms with Gasteiger partial charge < -0.3 is 9.47 Å². The van der Waals surface area contributed by atoms with E-state index in [1.54, 1.807) is 13.8 Å². The lowest BCUT2D eigenvalue weighted by Gasteiger charge is -2.33. The number of esters is 1. The van der Waals surface area contributed by atoms with E-state index in [0.29, 0.717) is 5.76 Å². The number of halogens is 1. The van der Waals surface area contributed by atoms with Crippen LogP contribution in [0, 0.1) is 3.57 Å². The van der Waals surface area contributed by atoms with E-state index >= 15 is 0 Å². The Morgan fingerprint density at radius 1 is 1.21 bits per heavy atom. The van der Waals surface area contributed by atoms with Crippen molar-refractivity contribution in [2.24, 2.45) is 0 Å². The number of carbonyl (C=O) groups is 2. The highest BCUT2D eigenvalue weighted by atomic mass is 127. The Kier molecular flexibility index (Phi) is 3.66. The molecule has 0 aromatic heterocycles. The van der Waals surface area contributed by atoms with Gasteiger partial charge in [0.05, 0.1) is 0 Å². The Labute approximate surface area is 124 Å². The predicted octanol–water partition coefficient (Wildman–Crippen LogP) is 2.90. The molecule has 0 atom stereocenters. The number of hydrogen-bond acceptors (Lipinski definition) is 4. The first-order chi connectivity index (χ1) is 8.82. The van der Waals surface area contributed by atoms with E-state index in [0.717, 1.165) is 9.13 Å². The summed E-state index contributed by atoms with van der Waals surface area (Å²) in [5.41, 5.74) is 0.682. The molecule has 0 radical (unpaired) electrons. The summed E-state index contributed by atoms with van der Waals surface area (Å²) >= 11 is 2.14. The van der Waals surface area contributed by atoms with Gasteiger partial charge in [0, 0.05) is 23.0 Å². The van der Waals surface area contributed by atoms with Gasteiger partial charge in [0.2, 0.25) is 5.79 Å². The fourth-order valence-corrected chi connectivity index (χ4v) is 2.46. The molecule has 5 heteroatoms. The molecule has 100 valence electrons. The third-order valence-electron chi connectivity index (χ3n) is 2.59. The quantitative estimate of drug-likeness (QED) is 0.455. The monoisotopic (exact) mass is 372 g/mol. The summed E-state index contributed by atoms with van der Waals surface area (Å²) in [5.74, 6) is -1.79. The van der Waals surface area contributed by atoms with Gasteiger partial charge in [0.25, 0.3) is 0 Å². The molecule has 0 amide bonds. The second-order valence-electron chi connectivity index (χ2n) is 4.63. The van der Waals surface area contributed by atoms with Crippen LogP contribution in [0.5, 0.6) is 0 Å². The first-order valence-electron chi connectivity index (χ1n) is 5.74. The molecule has 0 N–H and O–H groups in total. The van der Waals surface area contributed by atoms with E-state index in [2.05, 4.69) is 22.6 Å². The lowest BCUT2D eigenvalue weighted by molar-refractivity contribution is -0.195. The van der Waals surface area contributed by atoms with Crippen LogP contribution < -0.4 is 0 Å². The van der Waals surface area contributed by atoms with Gasteiger partial charge in [-0.2, -0.15) is 0 Å². The smallest absolute Gasteiger partial charge is 0.348 e. The minimum atomic E-state index is -1.08. The largest absolute Gasteiger partial charge is 0.451 e. The van der Waals surface area contributed by atoms with E-state index in [-0.39, 0.29) is 11.4 Å². The summed E-state index contributed by atoms with van der Waals surface area (Å²) in [6.07, 6.45) is 0. The molecule has 1 heterocycles. The van der Waals surface area contributed by atoms with Crippen LogP contribution in [0.1, 0.15) is 26.3 Å². The second-order valence-corrected chi connectivity index (χ2v) is 5.79. The maximum Gasteiger partial charge on any atom is 0.348 e. The standard InChI is InChI=1S/C14H13IO4/c1-8(16)11-12(9-6-4-5-7-10(9)15)18-14(2,3)19-13(11)17/h4-7H,1-3H3. The molecule has 2 rings (SSSR count). The Hall–Kier alpha value is -1.37. The second kappa shape index (κ2) is 4.96. The maximum atomic E-state index is 12.0. The molecule has 1 aromatic rings. The number of carbonyl (C=O) groups excluding carboxylic acids is 2. The van der Waals surface area contributed by atoms with Crippen molar-refractivity contribution < 1.29 is 19.1 Å². The number of Topliss-reactive ketones (excluding diaryl/α,β-unsaturated/α-hetero) is 1. The van der Waals surface area contributed by atoms with E-state index in [1.807, 2.05) is 24.3 Å². The molecule has 0 bridgehead atoms. The molecule has 19 heavy (non-hydrogen) atoms. The van der Waals surface area contributed by atoms with E-state index in [4.69, 9.17) is 9.47 Å². The molecule has 0 aliphatic carbocycles. The van der Waals surface area contributed by atoms with Gasteiger partial charge in [0.1, 0.15) is 5.57 Å². The molecule has 0 unspecified atom stereocenters. The van der Waals surface area contributed by atoms with Gasteiger partial charge in [-0.25, -0.2) is 4.79 Å². The third kappa shape index (κ3) is 2.80. The number of ketones is 1. The molecule has 0 saturated heterocycles. The van der Waals surface area contributed by atoms with Crippen LogP contribution in [0.3, 0.4) is 0 Å². The van der Waals surface area contributed by atoms with Crippen molar-refractivity contribution in [2.45, 2.75) is 26.6 Å². The third-order valence-corrected chi connectivity index (χ3v) is 3.53. The average Bonchev–Trinajstić information content (AvgIpc) is 2.26. The number of benzene rings is 1. The van der Waals surface area contributed by atoms with Crippen LogP contribution in [0.15, 0.2) is 29.8 Å². The first kappa shape index (κ1) is 14.0. The Morgan fingerprint density at radius 2 is 1.84 bits per heavy atom. The number of ether oxygens (including phenoxy) is 2. The highest BCUT2D eigenvalue weighted by Crippen LogP contribution is 2.35. The molecule has 1 aliphatic heterocycles. The summed E-state index contributed by atoms with van der Waals surface area (Å²) in [6.45, 7) is 4.60. The zero-order valence-corrected chi connectivity index (χ0v) is 13.0. The van der Waals surface area contributed by atoms with E-state index in [1.165, 1.54) is 6.92 Å². The normalized spacial score (nSPS) is 17.8. The van der Waals surface area contributed by atoms with Crippen LogP contribution in [0.25, 0.3) is 5.76 Å². The summed E-state index contributed by atoms with van der Waals surface area (Å²) in [5, 5.41) is 0. The van der Waals surface area contributed by atoms with Gasteiger partial charge in [-0.05, 0) is 35.6 Å². The van der Waals surface area contributed by atoms with Gasteiger partial charge in [-0.1, -0.05) is 18.2 Å². The van der Waals surface area contributed by atoms with Crippen molar-refractivity contribution >= 4 is 40.1 Å². The zero-order chi connectivity index (χ0) is 14.2. The topological polar surface area (TPSA) is 52.6 Å². The van der Waals surface area contributed by atoms with Gasteiger partial charge in [-0.3, -0.25) is 4.79 Å². The van der Waals surface area contributed by atoms with Crippen LogP contribution in [-0.2, 0) is 19.1 Å². The SMILES string of the molecule is CC(=O)C1=C(c2ccccc2I)OC(C)(C)OC1=O. The summed E-state index contributed by atoms with van der Waals surface area (Å²) in [6, 6.07) is 7.41. The molecule has 0 fully saturated rings. The van der Waals surface area contributed by atoms with Crippen molar-refractivity contribution in [2.75, 3.05) is 0 Å². The van der Waals surface area contributed by atoms with Crippen molar-refractivity contribution in [1.29, 1.82) is 0 Å². The number of hydrogen-bond donors (Lipinski definition) is 0. The van der Waals surface area contributed by atoms with Crippen LogP contribution >= 0.6 is 22.6 Å². The number of rotatable bonds is 2. The lowest BCUT2D eigenvalue weighted by Crippen LogP contribution is -2.38. The van der Waals surface area contributed by atoms with E-state index in [9.17, 15) is 9.59 Å². The average molecular weight is 372 g/mol. The van der Waals surface area contributed by atoms with Gasteiger partial charge >= 0.3 is 5.97 Å². The molecule has 1 aliphatic rings. The van der Waals surface area contributed by atoms with Crippen molar-refractivity contribution in [3.63, 3.8) is 0 Å². The minimum absolute atomic E-state index is 0.0385. The minimum Gasteiger partial charge on any atom is -0.451 e. The molecular weight excluding hydrogens is 359 g/mol. The molecule has 0 saturated carbocycles. The Morgan fingerprint density at radius 3 is 2.42 bits per heavy atom. The molecule has 0 spiro atoms. The zero-order valence-electron chi connectivity index (χ0n) is 10.8. The number of cyclic esters (lactones) is 1. The lowest BCUT2D eigenvalue weighted by atomic mass is 10.0. The van der Waals surface area contributed by atoms with Crippen LogP contribution in [0.2, 0.25) is 0 Å². The van der Waals surface area contributed by atoms with Crippen molar-refractivity contribution in [1.82, 2.24) is 0 Å². The molecular formula is C14H13IO4. The van der Waals surface area contributed by atoms with Gasteiger partial charge in [0.15, 0.2) is 11.5 Å². The maximum absolute atomic E-state index is 12.0. The van der Waals surface area contributed by atoms with Crippen molar-refractivity contribution in [3.05, 3.63) is 39.0 Å². The highest BCUT2D eigenvalue weighted by Gasteiger charge is 2.38. The summed E-state index contributed by atoms with van der Waals surface area (Å²) in [4.78, 5) is 23.6. The predicted molar refractivity (Wildman–Crippen MR) is 78.0 cm³/mol. The molecule has 4 nitrogen and oxygen atoms in total. The highest BCUT2D eigenvalue weighted by molar-refractivity contribution is 14.1. The fourth-order valence-electron chi connectivity index (χ4n) is 1.82. The van der Waals surface area contributed by atoms with Crippen molar-refractivity contribution in [3.8, 4) is 0 Å². The Bertz CT molecular complexity index is 587. The molecule has 1 aromatic carbocycles. The first-order valence-corrected chi connectivity index (χ1v) is 6.82. The van der Waals surface area contributed by atoms with Crippen LogP contribution in [0.4, 0.5) is 0 Å².